The molecule has 5 nitrogen and oxygen atoms in total. The molecule has 0 spiro atoms. The molecule has 0 unspecified atom stereocenters. The Bertz CT molecular complexity index is 1300. The highest BCUT2D eigenvalue weighted by Gasteiger charge is 2.19. The lowest BCUT2D eigenvalue weighted by atomic mass is 10.2. The van der Waals surface area contributed by atoms with E-state index >= 15 is 0 Å². The third-order valence-electron chi connectivity index (χ3n) is 4.60. The van der Waals surface area contributed by atoms with Crippen LogP contribution in [0.4, 0.5) is 5.69 Å². The molecular weight excluding hydrogens is 489 g/mol. The first kappa shape index (κ1) is 20.6. The van der Waals surface area contributed by atoms with Crippen LogP contribution in [0.2, 0.25) is 10.0 Å². The molecule has 0 aliphatic rings. The molecule has 0 saturated carbocycles. The fourth-order valence-corrected chi connectivity index (χ4v) is 3.91. The van der Waals surface area contributed by atoms with Gasteiger partial charge in [0.2, 0.25) is 5.88 Å². The third-order valence-corrected chi connectivity index (χ3v) is 5.79. The monoisotopic (exact) mass is 501 g/mol. The molecule has 3 aromatic carbocycles. The van der Waals surface area contributed by atoms with Crippen molar-refractivity contribution in [1.82, 2.24) is 4.57 Å². The van der Waals surface area contributed by atoms with Gasteiger partial charge >= 0.3 is 0 Å². The molecule has 0 fully saturated rings. The second kappa shape index (κ2) is 8.60. The topological polar surface area (TPSA) is 66.9 Å². The van der Waals surface area contributed by atoms with E-state index < -0.39 is 5.91 Å². The number of azo groups is 1. The maximum absolute atomic E-state index is 12.4. The number of nitrogens with zero attached hydrogens (tertiary/aromatic N) is 3. The number of fused-ring (bicyclic) bond motifs is 1. The molecule has 4 aromatic rings. The van der Waals surface area contributed by atoms with Crippen LogP contribution in [0, 0.1) is 0 Å². The molecule has 1 amide bonds. The summed E-state index contributed by atoms with van der Waals surface area (Å²) >= 11 is 15.8. The normalized spacial score (nSPS) is 11.4. The zero-order valence-corrected chi connectivity index (χ0v) is 18.5. The predicted octanol–water partition coefficient (Wildman–Crippen LogP) is 7.39. The smallest absolute Gasteiger partial charge is 0.296 e. The van der Waals surface area contributed by atoms with E-state index in [4.69, 9.17) is 23.2 Å². The van der Waals surface area contributed by atoms with Crippen molar-refractivity contribution in [3.05, 3.63) is 92.4 Å². The molecule has 0 aliphatic heterocycles. The Morgan fingerprint density at radius 3 is 2.43 bits per heavy atom. The number of carbonyl (C=O) groups is 1. The molecule has 0 saturated heterocycles. The highest BCUT2D eigenvalue weighted by Crippen LogP contribution is 2.41. The molecule has 0 bridgehead atoms. The first-order valence-electron chi connectivity index (χ1n) is 8.90. The summed E-state index contributed by atoms with van der Waals surface area (Å²) in [7, 11) is 0. The summed E-state index contributed by atoms with van der Waals surface area (Å²) in [6.45, 7) is 0.331. The maximum atomic E-state index is 12.4. The summed E-state index contributed by atoms with van der Waals surface area (Å²) in [6.07, 6.45) is 0. The van der Waals surface area contributed by atoms with Crippen molar-refractivity contribution < 1.29 is 9.90 Å². The van der Waals surface area contributed by atoms with Crippen molar-refractivity contribution in [3.8, 4) is 5.88 Å². The van der Waals surface area contributed by atoms with Gasteiger partial charge in [-0.25, -0.2) is 0 Å². The van der Waals surface area contributed by atoms with Crippen molar-refractivity contribution in [2.24, 2.45) is 10.2 Å². The first-order chi connectivity index (χ1) is 14.5. The van der Waals surface area contributed by atoms with Crippen LogP contribution in [0.1, 0.15) is 15.9 Å². The van der Waals surface area contributed by atoms with Crippen LogP contribution < -0.4 is 0 Å². The summed E-state index contributed by atoms with van der Waals surface area (Å²) < 4.78 is 2.48. The number of benzene rings is 3. The lowest BCUT2D eigenvalue weighted by molar-refractivity contribution is 0.0995. The van der Waals surface area contributed by atoms with Gasteiger partial charge < -0.3 is 9.67 Å². The summed E-state index contributed by atoms with van der Waals surface area (Å²) in [6, 6.07) is 19.5. The molecule has 0 radical (unpaired) electrons. The highest BCUT2D eigenvalue weighted by molar-refractivity contribution is 9.10. The Labute approximate surface area is 190 Å². The summed E-state index contributed by atoms with van der Waals surface area (Å²) in [4.78, 5) is 12.4. The molecule has 8 heteroatoms. The lowest BCUT2D eigenvalue weighted by Gasteiger charge is -2.08. The van der Waals surface area contributed by atoms with E-state index in [0.29, 0.717) is 17.0 Å². The van der Waals surface area contributed by atoms with Crippen LogP contribution in [0.5, 0.6) is 5.88 Å². The predicted molar refractivity (Wildman–Crippen MR) is 122 cm³/mol. The number of aromatic hydroxyl groups is 1. The van der Waals surface area contributed by atoms with Gasteiger partial charge in [-0.3, -0.25) is 4.79 Å². The summed E-state index contributed by atoms with van der Waals surface area (Å²) in [5, 5.41) is 20.3. The van der Waals surface area contributed by atoms with Crippen LogP contribution in [0.15, 0.2) is 81.4 Å². The van der Waals surface area contributed by atoms with Gasteiger partial charge in [0.1, 0.15) is 0 Å². The average molecular weight is 503 g/mol. The molecule has 4 rings (SSSR count). The van der Waals surface area contributed by atoms with Crippen LogP contribution in [-0.4, -0.2) is 15.6 Å². The number of halogens is 3. The van der Waals surface area contributed by atoms with Crippen molar-refractivity contribution in [1.29, 1.82) is 0 Å². The third kappa shape index (κ3) is 3.99. The van der Waals surface area contributed by atoms with Crippen LogP contribution in [0.25, 0.3) is 10.9 Å². The molecule has 0 aliphatic carbocycles. The molecule has 1 aromatic heterocycles. The van der Waals surface area contributed by atoms with E-state index in [-0.39, 0.29) is 22.2 Å². The van der Waals surface area contributed by atoms with E-state index in [1.807, 2.05) is 36.4 Å². The summed E-state index contributed by atoms with van der Waals surface area (Å²) in [5.41, 5.74) is 2.00. The zero-order chi connectivity index (χ0) is 21.3. The minimum atomic E-state index is -0.595. The number of amides is 1. The molecular formula is C22H14BrCl2N3O2. The van der Waals surface area contributed by atoms with Crippen LogP contribution in [0.3, 0.4) is 0 Å². The van der Waals surface area contributed by atoms with Crippen LogP contribution in [-0.2, 0) is 6.54 Å². The van der Waals surface area contributed by atoms with Crippen LogP contribution >= 0.6 is 39.1 Å². The SMILES string of the molecule is O=C(N=Nc1c(O)n(Cc2ccccc2Cl)c2ccc(Br)cc12)c1ccccc1Cl. The van der Waals surface area contributed by atoms with Crippen molar-refractivity contribution in [2.45, 2.75) is 6.54 Å². The molecule has 150 valence electrons. The number of hydrogen-bond acceptors (Lipinski definition) is 3. The number of aromatic nitrogens is 1. The standard InChI is InChI=1S/C22H14BrCl2N3O2/c23-14-9-10-19-16(11-14)20(26-27-21(29)15-6-2-4-8-18(15)25)22(30)28(19)12-13-5-1-3-7-17(13)24/h1-11,30H,12H2. The Morgan fingerprint density at radius 2 is 1.70 bits per heavy atom. The van der Waals surface area contributed by atoms with Gasteiger partial charge in [0.25, 0.3) is 5.91 Å². The van der Waals surface area contributed by atoms with E-state index in [2.05, 4.69) is 26.2 Å². The molecule has 1 N–H and O–H groups in total. The Morgan fingerprint density at radius 1 is 1.00 bits per heavy atom. The Hall–Kier alpha value is -2.67. The number of rotatable bonds is 4. The van der Waals surface area contributed by atoms with Gasteiger partial charge in [-0.1, -0.05) is 69.5 Å². The minimum Gasteiger partial charge on any atom is -0.493 e. The van der Waals surface area contributed by atoms with Crippen molar-refractivity contribution in [2.75, 3.05) is 0 Å². The van der Waals surface area contributed by atoms with Gasteiger partial charge in [-0.2, -0.15) is 0 Å². The van der Waals surface area contributed by atoms with E-state index in [1.165, 1.54) is 0 Å². The fourth-order valence-electron chi connectivity index (χ4n) is 3.14. The average Bonchev–Trinajstić information content (AvgIpc) is 2.98. The number of hydrogen-bond donors (Lipinski definition) is 1. The second-order valence-electron chi connectivity index (χ2n) is 6.50. The van der Waals surface area contributed by atoms with Gasteiger partial charge in [0.15, 0.2) is 5.69 Å². The minimum absolute atomic E-state index is 0.112. The maximum Gasteiger partial charge on any atom is 0.296 e. The first-order valence-corrected chi connectivity index (χ1v) is 10.5. The Kier molecular flexibility index (Phi) is 5.90. The van der Waals surface area contributed by atoms with E-state index in [0.717, 1.165) is 15.6 Å². The lowest BCUT2D eigenvalue weighted by Crippen LogP contribution is -1.99. The highest BCUT2D eigenvalue weighted by atomic mass is 79.9. The molecule has 30 heavy (non-hydrogen) atoms. The Balaban J connectivity index is 1.79. The van der Waals surface area contributed by atoms with Gasteiger partial charge in [-0.05, 0) is 42.0 Å². The molecule has 0 atom stereocenters. The van der Waals surface area contributed by atoms with Crippen molar-refractivity contribution >= 4 is 61.6 Å². The van der Waals surface area contributed by atoms with Crippen molar-refractivity contribution in [3.63, 3.8) is 0 Å². The summed E-state index contributed by atoms with van der Waals surface area (Å²) in [5.74, 6) is -0.708. The van der Waals surface area contributed by atoms with Gasteiger partial charge in [-0.15, -0.1) is 10.2 Å². The zero-order valence-electron chi connectivity index (χ0n) is 15.4. The van der Waals surface area contributed by atoms with Gasteiger partial charge in [0.05, 0.1) is 22.6 Å². The fraction of sp³-hybridized carbons (Fsp3) is 0.0455. The quantitative estimate of drug-likeness (QED) is 0.295. The number of carbonyl (C=O) groups excluding carboxylic acids is 1. The largest absolute Gasteiger partial charge is 0.493 e. The van der Waals surface area contributed by atoms with E-state index in [9.17, 15) is 9.90 Å². The van der Waals surface area contributed by atoms with Gasteiger partial charge in [0, 0.05) is 14.9 Å². The second-order valence-corrected chi connectivity index (χ2v) is 8.23. The van der Waals surface area contributed by atoms with E-state index in [1.54, 1.807) is 34.9 Å². The molecule has 1 heterocycles.